The lowest BCUT2D eigenvalue weighted by Crippen LogP contribution is -2.44. The second-order valence-electron chi connectivity index (χ2n) is 6.95. The van der Waals surface area contributed by atoms with E-state index in [9.17, 15) is 14.4 Å². The summed E-state index contributed by atoms with van der Waals surface area (Å²) in [5.74, 6) is -0.657. The van der Waals surface area contributed by atoms with Gasteiger partial charge in [-0.2, -0.15) is 0 Å². The molecule has 0 aliphatic carbocycles. The van der Waals surface area contributed by atoms with Crippen molar-refractivity contribution in [3.63, 3.8) is 0 Å². The summed E-state index contributed by atoms with van der Waals surface area (Å²) >= 11 is 0. The van der Waals surface area contributed by atoms with Crippen LogP contribution in [0, 0.1) is 5.92 Å². The Bertz CT molecular complexity index is 720. The first-order valence-electron chi connectivity index (χ1n) is 10.4. The molecule has 0 fully saturated rings. The first-order valence-corrected chi connectivity index (χ1v) is 10.4. The number of carbonyl (C=O) groups is 3. The van der Waals surface area contributed by atoms with Crippen LogP contribution in [0.4, 0.5) is 0 Å². The molecule has 0 aromatic heterocycles. The van der Waals surface area contributed by atoms with Crippen molar-refractivity contribution in [2.75, 3.05) is 33.5 Å². The number of amides is 1. The molecule has 1 rings (SSSR count). The smallest absolute Gasteiger partial charge is 0.338 e. The monoisotopic (exact) mass is 439 g/mol. The number of benzene rings is 1. The number of rotatable bonds is 13. The van der Waals surface area contributed by atoms with E-state index in [0.717, 1.165) is 0 Å². The highest BCUT2D eigenvalue weighted by molar-refractivity contribution is 5.93. The first-order chi connectivity index (χ1) is 14.8. The molecule has 1 unspecified atom stereocenters. The maximum atomic E-state index is 12.5. The average molecular weight is 440 g/mol. The Hall–Kier alpha value is -2.97. The van der Waals surface area contributed by atoms with Gasteiger partial charge in [0, 0.05) is 0 Å². The molecule has 174 valence electrons. The molecular formula is C22H33NO8. The lowest BCUT2D eigenvalue weighted by atomic mass is 10.0. The Morgan fingerprint density at radius 2 is 1.48 bits per heavy atom. The molecule has 0 aliphatic rings. The number of hydrogen-bond donors (Lipinski definition) is 1. The van der Waals surface area contributed by atoms with Crippen molar-refractivity contribution in [1.82, 2.24) is 5.32 Å². The van der Waals surface area contributed by atoms with Gasteiger partial charge in [-0.1, -0.05) is 13.8 Å². The van der Waals surface area contributed by atoms with Gasteiger partial charge in [0.2, 0.25) is 5.75 Å². The highest BCUT2D eigenvalue weighted by atomic mass is 16.5. The van der Waals surface area contributed by atoms with Gasteiger partial charge in [-0.05, 0) is 45.2 Å². The largest absolute Gasteiger partial charge is 0.490 e. The summed E-state index contributed by atoms with van der Waals surface area (Å²) < 4.78 is 26.6. The van der Waals surface area contributed by atoms with Crippen LogP contribution < -0.4 is 19.5 Å². The molecular weight excluding hydrogens is 406 g/mol. The Morgan fingerprint density at radius 1 is 0.935 bits per heavy atom. The highest BCUT2D eigenvalue weighted by Crippen LogP contribution is 2.39. The van der Waals surface area contributed by atoms with Gasteiger partial charge in [0.15, 0.2) is 18.1 Å². The first kappa shape index (κ1) is 26.1. The molecule has 1 atom stereocenters. The van der Waals surface area contributed by atoms with Crippen molar-refractivity contribution in [3.8, 4) is 17.2 Å². The summed E-state index contributed by atoms with van der Waals surface area (Å²) in [4.78, 5) is 36.6. The van der Waals surface area contributed by atoms with E-state index in [1.165, 1.54) is 19.2 Å². The quantitative estimate of drug-likeness (QED) is 0.467. The van der Waals surface area contributed by atoms with Crippen molar-refractivity contribution >= 4 is 17.8 Å². The minimum atomic E-state index is -0.809. The van der Waals surface area contributed by atoms with Crippen LogP contribution in [0.1, 0.15) is 51.4 Å². The Morgan fingerprint density at radius 3 is 1.94 bits per heavy atom. The van der Waals surface area contributed by atoms with Crippen LogP contribution in [0.2, 0.25) is 0 Å². The van der Waals surface area contributed by atoms with E-state index in [1.807, 2.05) is 20.8 Å². The third-order valence-corrected chi connectivity index (χ3v) is 4.01. The lowest BCUT2D eigenvalue weighted by molar-refractivity contribution is -0.145. The molecule has 0 heterocycles. The summed E-state index contributed by atoms with van der Waals surface area (Å²) in [5, 5.41) is 2.54. The SMILES string of the molecule is CCOc1cc(C(=O)OCC(=O)NC(CC(C)C)C(=O)OC)cc(OCC)c1OCC. The van der Waals surface area contributed by atoms with Gasteiger partial charge in [0.05, 0.1) is 32.5 Å². The van der Waals surface area contributed by atoms with Gasteiger partial charge in [0.1, 0.15) is 6.04 Å². The average Bonchev–Trinajstić information content (AvgIpc) is 2.73. The summed E-state index contributed by atoms with van der Waals surface area (Å²) in [7, 11) is 1.25. The van der Waals surface area contributed by atoms with Crippen LogP contribution in [-0.2, 0) is 19.1 Å². The molecule has 0 radical (unpaired) electrons. The molecule has 0 saturated carbocycles. The lowest BCUT2D eigenvalue weighted by Gasteiger charge is -2.18. The molecule has 0 spiro atoms. The third-order valence-electron chi connectivity index (χ3n) is 4.01. The van der Waals surface area contributed by atoms with Crippen LogP contribution >= 0.6 is 0 Å². The van der Waals surface area contributed by atoms with E-state index >= 15 is 0 Å². The van der Waals surface area contributed by atoms with Crippen molar-refractivity contribution in [1.29, 1.82) is 0 Å². The number of hydrogen-bond acceptors (Lipinski definition) is 8. The molecule has 1 aromatic rings. The van der Waals surface area contributed by atoms with E-state index in [2.05, 4.69) is 5.32 Å². The van der Waals surface area contributed by atoms with Crippen LogP contribution in [0.3, 0.4) is 0 Å². The van der Waals surface area contributed by atoms with E-state index < -0.39 is 30.5 Å². The Kier molecular flexibility index (Phi) is 11.2. The number of carbonyl (C=O) groups excluding carboxylic acids is 3. The molecule has 1 aromatic carbocycles. The zero-order valence-corrected chi connectivity index (χ0v) is 19.1. The standard InChI is InChI=1S/C22H33NO8/c1-7-28-17-11-15(12-18(29-8-2)20(17)30-9-3)21(25)31-13-19(24)23-16(10-14(4)5)22(26)27-6/h11-12,14,16H,7-10,13H2,1-6H3,(H,23,24). The minimum absolute atomic E-state index is 0.148. The molecule has 0 bridgehead atoms. The molecule has 9 nitrogen and oxygen atoms in total. The zero-order chi connectivity index (χ0) is 23.4. The summed E-state index contributed by atoms with van der Waals surface area (Å²) in [5.41, 5.74) is 0.148. The summed E-state index contributed by atoms with van der Waals surface area (Å²) in [6.07, 6.45) is 0.403. The van der Waals surface area contributed by atoms with Gasteiger partial charge in [-0.15, -0.1) is 0 Å². The number of ether oxygens (including phenoxy) is 5. The van der Waals surface area contributed by atoms with E-state index in [-0.39, 0.29) is 11.5 Å². The van der Waals surface area contributed by atoms with Gasteiger partial charge in [-0.3, -0.25) is 4.79 Å². The third kappa shape index (κ3) is 8.35. The van der Waals surface area contributed by atoms with Gasteiger partial charge < -0.3 is 29.0 Å². The number of esters is 2. The topological polar surface area (TPSA) is 109 Å². The second kappa shape index (κ2) is 13.4. The maximum Gasteiger partial charge on any atom is 0.338 e. The highest BCUT2D eigenvalue weighted by Gasteiger charge is 2.24. The second-order valence-corrected chi connectivity index (χ2v) is 6.95. The van der Waals surface area contributed by atoms with Crippen molar-refractivity contribution in [3.05, 3.63) is 17.7 Å². The van der Waals surface area contributed by atoms with E-state index in [0.29, 0.717) is 43.5 Å². The molecule has 9 heteroatoms. The maximum absolute atomic E-state index is 12.5. The molecule has 1 N–H and O–H groups in total. The molecule has 31 heavy (non-hydrogen) atoms. The molecule has 0 aliphatic heterocycles. The van der Waals surface area contributed by atoms with Crippen LogP contribution in [0.25, 0.3) is 0 Å². The fourth-order valence-corrected chi connectivity index (χ4v) is 2.78. The van der Waals surface area contributed by atoms with Crippen molar-refractivity contribution in [2.45, 2.75) is 47.1 Å². The summed E-state index contributed by atoms with van der Waals surface area (Å²) in [6.45, 7) is 9.83. The van der Waals surface area contributed by atoms with Gasteiger partial charge >= 0.3 is 11.9 Å². The van der Waals surface area contributed by atoms with E-state index in [4.69, 9.17) is 23.7 Å². The number of methoxy groups -OCH3 is 1. The normalized spacial score (nSPS) is 11.5. The van der Waals surface area contributed by atoms with Gasteiger partial charge in [0.25, 0.3) is 5.91 Å². The van der Waals surface area contributed by atoms with Crippen LogP contribution in [0.15, 0.2) is 12.1 Å². The van der Waals surface area contributed by atoms with Crippen molar-refractivity contribution in [2.24, 2.45) is 5.92 Å². The number of nitrogens with one attached hydrogen (secondary N) is 1. The fraction of sp³-hybridized carbons (Fsp3) is 0.591. The molecule has 1 amide bonds. The van der Waals surface area contributed by atoms with E-state index in [1.54, 1.807) is 13.8 Å². The predicted octanol–water partition coefficient (Wildman–Crippen LogP) is 2.74. The zero-order valence-electron chi connectivity index (χ0n) is 19.1. The molecule has 0 saturated heterocycles. The fourth-order valence-electron chi connectivity index (χ4n) is 2.78. The summed E-state index contributed by atoms with van der Waals surface area (Å²) in [6, 6.07) is 2.15. The predicted molar refractivity (Wildman–Crippen MR) is 114 cm³/mol. The Balaban J connectivity index is 2.92. The van der Waals surface area contributed by atoms with Crippen LogP contribution in [0.5, 0.6) is 17.2 Å². The Labute approximate surface area is 183 Å². The van der Waals surface area contributed by atoms with Crippen molar-refractivity contribution < 1.29 is 38.1 Å². The minimum Gasteiger partial charge on any atom is -0.490 e. The van der Waals surface area contributed by atoms with Gasteiger partial charge in [-0.25, -0.2) is 9.59 Å². The van der Waals surface area contributed by atoms with Crippen LogP contribution in [-0.4, -0.2) is 57.4 Å².